The fraction of sp³-hybridized carbons (Fsp3) is 0.125. The number of rotatable bonds is 6. The number of para-hydroxylation sites is 1. The van der Waals surface area contributed by atoms with Gasteiger partial charge in [0.2, 0.25) is 15.9 Å². The molecule has 0 atom stereocenters. The Bertz CT molecular complexity index is 923. The number of aromatic nitrogens is 2. The van der Waals surface area contributed by atoms with Gasteiger partial charge < -0.3 is 9.15 Å². The molecule has 0 aliphatic carbocycles. The number of hydrogen-bond acceptors (Lipinski definition) is 6. The van der Waals surface area contributed by atoms with Gasteiger partial charge in [0.15, 0.2) is 0 Å². The molecule has 8 heteroatoms. The maximum atomic E-state index is 12.2. The summed E-state index contributed by atoms with van der Waals surface area (Å²) >= 11 is 0. The first kappa shape index (κ1) is 16.2. The lowest BCUT2D eigenvalue weighted by atomic mass is 10.2. The van der Waals surface area contributed by atoms with E-state index in [2.05, 4.69) is 14.9 Å². The number of ether oxygens (including phenoxy) is 1. The molecule has 7 nitrogen and oxygen atoms in total. The number of sulfonamides is 1. The third kappa shape index (κ3) is 3.44. The van der Waals surface area contributed by atoms with Gasteiger partial charge in [-0.15, -0.1) is 10.2 Å². The second kappa shape index (κ2) is 6.81. The van der Waals surface area contributed by atoms with Crippen molar-refractivity contribution in [1.82, 2.24) is 14.9 Å². The molecule has 0 saturated heterocycles. The van der Waals surface area contributed by atoms with Crippen molar-refractivity contribution in [1.29, 1.82) is 0 Å². The number of hydrogen-bond donors (Lipinski definition) is 1. The molecular formula is C16H15N3O4S. The molecule has 3 rings (SSSR count). The van der Waals surface area contributed by atoms with Crippen molar-refractivity contribution in [3.8, 4) is 17.2 Å². The zero-order valence-electron chi connectivity index (χ0n) is 12.8. The highest BCUT2D eigenvalue weighted by Gasteiger charge is 2.17. The van der Waals surface area contributed by atoms with Crippen LogP contribution >= 0.6 is 0 Å². The molecule has 1 aromatic heterocycles. The van der Waals surface area contributed by atoms with Crippen LogP contribution in [0.4, 0.5) is 0 Å². The fourth-order valence-corrected chi connectivity index (χ4v) is 3.09. The molecule has 24 heavy (non-hydrogen) atoms. The second-order valence-corrected chi connectivity index (χ2v) is 6.61. The minimum Gasteiger partial charge on any atom is -0.496 e. The summed E-state index contributed by atoms with van der Waals surface area (Å²) in [5.74, 6) is 1.02. The number of nitrogens with one attached hydrogen (secondary N) is 1. The monoisotopic (exact) mass is 345 g/mol. The van der Waals surface area contributed by atoms with E-state index in [1.165, 1.54) is 12.1 Å². The molecule has 0 radical (unpaired) electrons. The molecular weight excluding hydrogens is 330 g/mol. The standard InChI is InChI=1S/C16H15N3O4S/c1-22-14-10-6-5-9-13(14)16-19-18-15(23-16)11-17-24(20,21)12-7-3-2-4-8-12/h2-10,17H,11H2,1H3. The topological polar surface area (TPSA) is 94.3 Å². The first-order chi connectivity index (χ1) is 11.6. The third-order valence-electron chi connectivity index (χ3n) is 3.27. The summed E-state index contributed by atoms with van der Waals surface area (Å²) in [6.07, 6.45) is 0. The highest BCUT2D eigenvalue weighted by molar-refractivity contribution is 7.89. The van der Waals surface area contributed by atoms with Crippen LogP contribution in [0.5, 0.6) is 5.75 Å². The summed E-state index contributed by atoms with van der Waals surface area (Å²) in [5.41, 5.74) is 0.643. The second-order valence-electron chi connectivity index (χ2n) is 4.84. The van der Waals surface area contributed by atoms with Crippen LogP contribution in [0.2, 0.25) is 0 Å². The van der Waals surface area contributed by atoms with E-state index in [0.717, 1.165) is 0 Å². The molecule has 1 heterocycles. The van der Waals surface area contributed by atoms with Crippen molar-refractivity contribution in [3.63, 3.8) is 0 Å². The molecule has 0 unspecified atom stereocenters. The Morgan fingerprint density at radius 1 is 1.04 bits per heavy atom. The van der Waals surface area contributed by atoms with E-state index in [9.17, 15) is 8.42 Å². The highest BCUT2D eigenvalue weighted by Crippen LogP contribution is 2.28. The molecule has 0 spiro atoms. The van der Waals surface area contributed by atoms with Crippen LogP contribution < -0.4 is 9.46 Å². The van der Waals surface area contributed by atoms with E-state index in [-0.39, 0.29) is 23.2 Å². The van der Waals surface area contributed by atoms with Crippen molar-refractivity contribution in [2.24, 2.45) is 0 Å². The molecule has 0 fully saturated rings. The van der Waals surface area contributed by atoms with Gasteiger partial charge in [0.05, 0.1) is 24.1 Å². The van der Waals surface area contributed by atoms with E-state index in [1.54, 1.807) is 37.4 Å². The Kier molecular flexibility index (Phi) is 4.59. The van der Waals surface area contributed by atoms with E-state index in [1.807, 2.05) is 12.1 Å². The SMILES string of the molecule is COc1ccccc1-c1nnc(CNS(=O)(=O)c2ccccc2)o1. The first-order valence-electron chi connectivity index (χ1n) is 7.10. The van der Waals surface area contributed by atoms with Gasteiger partial charge in [-0.1, -0.05) is 30.3 Å². The Hall–Kier alpha value is -2.71. The molecule has 0 aliphatic rings. The minimum atomic E-state index is -3.63. The predicted molar refractivity (Wildman–Crippen MR) is 86.8 cm³/mol. The quantitative estimate of drug-likeness (QED) is 0.736. The van der Waals surface area contributed by atoms with Crippen LogP contribution in [-0.4, -0.2) is 25.7 Å². The zero-order chi connectivity index (χ0) is 17.0. The number of benzene rings is 2. The van der Waals surface area contributed by atoms with Gasteiger partial charge in [-0.3, -0.25) is 0 Å². The molecule has 1 N–H and O–H groups in total. The van der Waals surface area contributed by atoms with Gasteiger partial charge >= 0.3 is 0 Å². The Morgan fingerprint density at radius 3 is 2.50 bits per heavy atom. The van der Waals surface area contributed by atoms with Crippen LogP contribution in [0.1, 0.15) is 5.89 Å². The summed E-state index contributed by atoms with van der Waals surface area (Å²) < 4.78 is 37.5. The Morgan fingerprint density at radius 2 is 1.75 bits per heavy atom. The van der Waals surface area contributed by atoms with Gasteiger partial charge in [0.25, 0.3) is 5.89 Å². The van der Waals surface area contributed by atoms with Gasteiger partial charge in [-0.05, 0) is 24.3 Å². The summed E-state index contributed by atoms with van der Waals surface area (Å²) in [5, 5.41) is 7.80. The lowest BCUT2D eigenvalue weighted by Gasteiger charge is -2.04. The van der Waals surface area contributed by atoms with Crippen molar-refractivity contribution in [2.45, 2.75) is 11.4 Å². The summed E-state index contributed by atoms with van der Waals surface area (Å²) in [7, 11) is -2.08. The normalized spacial score (nSPS) is 11.4. The van der Waals surface area contributed by atoms with E-state index >= 15 is 0 Å². The average Bonchev–Trinajstić information content (AvgIpc) is 3.10. The van der Waals surface area contributed by atoms with Crippen LogP contribution in [0.3, 0.4) is 0 Å². The number of nitrogens with zero attached hydrogens (tertiary/aromatic N) is 2. The van der Waals surface area contributed by atoms with Crippen molar-refractivity contribution < 1.29 is 17.6 Å². The molecule has 0 saturated carbocycles. The summed E-state index contributed by atoms with van der Waals surface area (Å²) in [4.78, 5) is 0.175. The summed E-state index contributed by atoms with van der Waals surface area (Å²) in [6.45, 7) is -0.0978. The molecule has 0 bridgehead atoms. The summed E-state index contributed by atoms with van der Waals surface area (Å²) in [6, 6.07) is 15.3. The van der Waals surface area contributed by atoms with E-state index in [0.29, 0.717) is 11.3 Å². The smallest absolute Gasteiger partial charge is 0.251 e. The Balaban J connectivity index is 1.75. The largest absolute Gasteiger partial charge is 0.496 e. The van der Waals surface area contributed by atoms with Gasteiger partial charge in [-0.2, -0.15) is 0 Å². The molecule has 3 aromatic rings. The van der Waals surface area contributed by atoms with Gasteiger partial charge in [-0.25, -0.2) is 13.1 Å². The molecule has 2 aromatic carbocycles. The molecule has 0 aliphatic heterocycles. The lowest BCUT2D eigenvalue weighted by molar-refractivity contribution is 0.413. The lowest BCUT2D eigenvalue weighted by Crippen LogP contribution is -2.23. The average molecular weight is 345 g/mol. The molecule has 0 amide bonds. The minimum absolute atomic E-state index is 0.0978. The van der Waals surface area contributed by atoms with Crippen LogP contribution in [0.25, 0.3) is 11.5 Å². The maximum absolute atomic E-state index is 12.2. The molecule has 124 valence electrons. The van der Waals surface area contributed by atoms with Crippen molar-refractivity contribution in [3.05, 3.63) is 60.5 Å². The Labute approximate surface area is 139 Å². The maximum Gasteiger partial charge on any atom is 0.251 e. The third-order valence-corrected chi connectivity index (χ3v) is 4.69. The van der Waals surface area contributed by atoms with Gasteiger partial charge in [0, 0.05) is 0 Å². The van der Waals surface area contributed by atoms with Crippen LogP contribution in [0.15, 0.2) is 63.9 Å². The van der Waals surface area contributed by atoms with E-state index < -0.39 is 10.0 Å². The predicted octanol–water partition coefficient (Wildman–Crippen LogP) is 2.22. The number of methoxy groups -OCH3 is 1. The highest BCUT2D eigenvalue weighted by atomic mass is 32.2. The fourth-order valence-electron chi connectivity index (χ4n) is 2.09. The first-order valence-corrected chi connectivity index (χ1v) is 8.59. The zero-order valence-corrected chi connectivity index (χ0v) is 13.7. The van der Waals surface area contributed by atoms with Crippen molar-refractivity contribution >= 4 is 10.0 Å². The van der Waals surface area contributed by atoms with Gasteiger partial charge in [0.1, 0.15) is 5.75 Å². The van der Waals surface area contributed by atoms with Crippen molar-refractivity contribution in [2.75, 3.05) is 7.11 Å². The van der Waals surface area contributed by atoms with E-state index in [4.69, 9.17) is 9.15 Å². The van der Waals surface area contributed by atoms with Crippen LogP contribution in [0, 0.1) is 0 Å². The van der Waals surface area contributed by atoms with Crippen LogP contribution in [-0.2, 0) is 16.6 Å².